The molecule has 0 atom stereocenters. The quantitative estimate of drug-likeness (QED) is 0.279. The van der Waals surface area contributed by atoms with Crippen LogP contribution in [0.5, 0.6) is 0 Å². The Morgan fingerprint density at radius 2 is 1.36 bits per heavy atom. The first kappa shape index (κ1) is 22.6. The van der Waals surface area contributed by atoms with Crippen LogP contribution in [0.1, 0.15) is 48.1 Å². The van der Waals surface area contributed by atoms with E-state index in [0.29, 0.717) is 6.54 Å². The van der Waals surface area contributed by atoms with E-state index < -0.39 is 0 Å². The molecular formula is C30H32N2O. The topological polar surface area (TPSA) is 25.2 Å². The van der Waals surface area contributed by atoms with E-state index >= 15 is 0 Å². The first-order valence-corrected chi connectivity index (χ1v) is 11.8. The second kappa shape index (κ2) is 11.3. The number of carbonyl (C=O) groups excluding carboxylic acids is 1. The van der Waals surface area contributed by atoms with E-state index in [1.165, 1.54) is 5.56 Å². The van der Waals surface area contributed by atoms with E-state index in [0.717, 1.165) is 42.8 Å². The summed E-state index contributed by atoms with van der Waals surface area (Å²) < 4.78 is 2.25. The fourth-order valence-corrected chi connectivity index (χ4v) is 4.29. The standard InChI is InChI=1S/C30H32N2O/c1-2-3-21-32(24-28-20-13-22-31(28)23-25-14-7-4-8-15-25)30(33)29(26-16-9-5-10-17-26)27-18-11-6-12-19-27/h4-20,22,29H,2-3,21,23-24H2,1H3. The predicted molar refractivity (Wildman–Crippen MR) is 135 cm³/mol. The summed E-state index contributed by atoms with van der Waals surface area (Å²) in [5, 5.41) is 0. The molecule has 3 heteroatoms. The van der Waals surface area contributed by atoms with Gasteiger partial charge in [-0.15, -0.1) is 0 Å². The molecule has 1 amide bonds. The molecule has 4 aromatic rings. The van der Waals surface area contributed by atoms with Crippen molar-refractivity contribution in [3.8, 4) is 0 Å². The third-order valence-corrected chi connectivity index (χ3v) is 6.08. The fraction of sp³-hybridized carbons (Fsp3) is 0.233. The summed E-state index contributed by atoms with van der Waals surface area (Å²) in [5.41, 5.74) is 4.49. The van der Waals surface area contributed by atoms with Crippen LogP contribution in [0.15, 0.2) is 109 Å². The summed E-state index contributed by atoms with van der Waals surface area (Å²) in [6.45, 7) is 4.34. The number of carbonyl (C=O) groups is 1. The van der Waals surface area contributed by atoms with Gasteiger partial charge < -0.3 is 9.47 Å². The van der Waals surface area contributed by atoms with Gasteiger partial charge in [0.15, 0.2) is 0 Å². The van der Waals surface area contributed by atoms with Crippen molar-refractivity contribution in [2.24, 2.45) is 0 Å². The second-order valence-corrected chi connectivity index (χ2v) is 8.48. The van der Waals surface area contributed by atoms with E-state index in [4.69, 9.17) is 0 Å². The molecule has 3 nitrogen and oxygen atoms in total. The van der Waals surface area contributed by atoms with Gasteiger partial charge in [-0.05, 0) is 35.2 Å². The zero-order valence-corrected chi connectivity index (χ0v) is 19.3. The van der Waals surface area contributed by atoms with Gasteiger partial charge in [0.25, 0.3) is 0 Å². The number of amides is 1. The molecule has 1 heterocycles. The van der Waals surface area contributed by atoms with Gasteiger partial charge in [0.1, 0.15) is 0 Å². The van der Waals surface area contributed by atoms with Crippen molar-refractivity contribution in [3.05, 3.63) is 132 Å². The predicted octanol–water partition coefficient (Wildman–Crippen LogP) is 6.50. The van der Waals surface area contributed by atoms with Crippen molar-refractivity contribution in [1.29, 1.82) is 0 Å². The summed E-state index contributed by atoms with van der Waals surface area (Å²) in [7, 11) is 0. The van der Waals surface area contributed by atoms with Gasteiger partial charge >= 0.3 is 0 Å². The third kappa shape index (κ3) is 5.81. The van der Waals surface area contributed by atoms with Crippen molar-refractivity contribution in [1.82, 2.24) is 9.47 Å². The molecule has 168 valence electrons. The normalized spacial score (nSPS) is 11.0. The number of rotatable bonds is 10. The van der Waals surface area contributed by atoms with Crippen LogP contribution < -0.4 is 0 Å². The number of nitrogens with zero attached hydrogens (tertiary/aromatic N) is 2. The monoisotopic (exact) mass is 436 g/mol. The molecule has 0 spiro atoms. The second-order valence-electron chi connectivity index (χ2n) is 8.48. The molecular weight excluding hydrogens is 404 g/mol. The molecule has 0 aliphatic heterocycles. The van der Waals surface area contributed by atoms with Crippen LogP contribution in [0.25, 0.3) is 0 Å². The van der Waals surface area contributed by atoms with Crippen LogP contribution in [0, 0.1) is 0 Å². The Hall–Kier alpha value is -3.59. The molecule has 0 aliphatic rings. The van der Waals surface area contributed by atoms with Crippen LogP contribution in [0.3, 0.4) is 0 Å². The van der Waals surface area contributed by atoms with Gasteiger partial charge in [-0.3, -0.25) is 4.79 Å². The molecule has 0 saturated heterocycles. The molecule has 0 bridgehead atoms. The molecule has 0 radical (unpaired) electrons. The highest BCUT2D eigenvalue weighted by molar-refractivity contribution is 5.87. The highest BCUT2D eigenvalue weighted by Gasteiger charge is 2.27. The molecule has 0 aliphatic carbocycles. The molecule has 1 aromatic heterocycles. The van der Waals surface area contributed by atoms with Crippen LogP contribution in [0.4, 0.5) is 0 Å². The van der Waals surface area contributed by atoms with E-state index in [-0.39, 0.29) is 11.8 Å². The Kier molecular flexibility index (Phi) is 7.76. The first-order valence-electron chi connectivity index (χ1n) is 11.8. The van der Waals surface area contributed by atoms with Gasteiger partial charge in [0.2, 0.25) is 5.91 Å². The molecule has 0 fully saturated rings. The summed E-state index contributed by atoms with van der Waals surface area (Å²) in [4.78, 5) is 16.1. The van der Waals surface area contributed by atoms with Gasteiger partial charge in [-0.1, -0.05) is 104 Å². The Labute approximate surface area is 197 Å². The van der Waals surface area contributed by atoms with Crippen molar-refractivity contribution < 1.29 is 4.79 Å². The average Bonchev–Trinajstić information content (AvgIpc) is 3.30. The van der Waals surface area contributed by atoms with Crippen molar-refractivity contribution in [2.45, 2.75) is 38.8 Å². The lowest BCUT2D eigenvalue weighted by molar-refractivity contribution is -0.132. The third-order valence-electron chi connectivity index (χ3n) is 6.08. The Morgan fingerprint density at radius 1 is 0.788 bits per heavy atom. The summed E-state index contributed by atoms with van der Waals surface area (Å²) >= 11 is 0. The van der Waals surface area contributed by atoms with Crippen LogP contribution in [0.2, 0.25) is 0 Å². The lowest BCUT2D eigenvalue weighted by Crippen LogP contribution is -2.36. The lowest BCUT2D eigenvalue weighted by atomic mass is 9.90. The maximum absolute atomic E-state index is 14.1. The Morgan fingerprint density at radius 3 is 1.94 bits per heavy atom. The molecule has 3 aromatic carbocycles. The zero-order valence-electron chi connectivity index (χ0n) is 19.3. The molecule has 33 heavy (non-hydrogen) atoms. The lowest BCUT2D eigenvalue weighted by Gasteiger charge is -2.28. The minimum atomic E-state index is -0.304. The highest BCUT2D eigenvalue weighted by Crippen LogP contribution is 2.28. The van der Waals surface area contributed by atoms with Crippen LogP contribution in [-0.4, -0.2) is 21.9 Å². The zero-order chi connectivity index (χ0) is 22.9. The molecule has 0 unspecified atom stereocenters. The molecule has 0 saturated carbocycles. The van der Waals surface area contributed by atoms with Gasteiger partial charge in [-0.25, -0.2) is 0 Å². The van der Waals surface area contributed by atoms with Crippen molar-refractivity contribution >= 4 is 5.91 Å². The average molecular weight is 437 g/mol. The van der Waals surface area contributed by atoms with Crippen molar-refractivity contribution in [3.63, 3.8) is 0 Å². The molecule has 4 rings (SSSR count). The van der Waals surface area contributed by atoms with Crippen LogP contribution in [-0.2, 0) is 17.9 Å². The number of unbranched alkanes of at least 4 members (excludes halogenated alkanes) is 1. The van der Waals surface area contributed by atoms with E-state index in [9.17, 15) is 4.79 Å². The van der Waals surface area contributed by atoms with E-state index in [1.807, 2.05) is 47.4 Å². The highest BCUT2D eigenvalue weighted by atomic mass is 16.2. The summed E-state index contributed by atoms with van der Waals surface area (Å²) in [6, 6.07) is 35.0. The van der Waals surface area contributed by atoms with Gasteiger partial charge in [0, 0.05) is 25.0 Å². The largest absolute Gasteiger partial charge is 0.345 e. The number of hydrogen-bond donors (Lipinski definition) is 0. The number of hydrogen-bond acceptors (Lipinski definition) is 1. The van der Waals surface area contributed by atoms with Gasteiger partial charge in [-0.2, -0.15) is 0 Å². The minimum absolute atomic E-state index is 0.160. The minimum Gasteiger partial charge on any atom is -0.345 e. The van der Waals surface area contributed by atoms with E-state index in [2.05, 4.69) is 78.4 Å². The van der Waals surface area contributed by atoms with E-state index in [1.54, 1.807) is 0 Å². The summed E-state index contributed by atoms with van der Waals surface area (Å²) in [6.07, 6.45) is 4.15. The van der Waals surface area contributed by atoms with Gasteiger partial charge in [0.05, 0.1) is 12.5 Å². The first-order chi connectivity index (χ1) is 16.3. The SMILES string of the molecule is CCCCN(Cc1cccn1Cc1ccccc1)C(=O)C(c1ccccc1)c1ccccc1. The fourth-order valence-electron chi connectivity index (χ4n) is 4.29. The maximum atomic E-state index is 14.1. The smallest absolute Gasteiger partial charge is 0.234 e. The van der Waals surface area contributed by atoms with Crippen molar-refractivity contribution in [2.75, 3.05) is 6.54 Å². The van der Waals surface area contributed by atoms with Crippen LogP contribution >= 0.6 is 0 Å². The summed E-state index contributed by atoms with van der Waals surface area (Å²) in [5.74, 6) is -0.143. The Bertz CT molecular complexity index is 1080. The molecule has 0 N–H and O–H groups in total. The number of aromatic nitrogens is 1. The number of benzene rings is 3. The Balaban J connectivity index is 1.63. The maximum Gasteiger partial charge on any atom is 0.234 e.